The molecule has 0 radical (unpaired) electrons. The zero-order valence-electron chi connectivity index (χ0n) is 12.6. The molecule has 0 fully saturated rings. The lowest BCUT2D eigenvalue weighted by Crippen LogP contribution is -2.31. The summed E-state index contributed by atoms with van der Waals surface area (Å²) in [6.07, 6.45) is 4.14. The van der Waals surface area contributed by atoms with E-state index in [4.69, 9.17) is 4.74 Å². The van der Waals surface area contributed by atoms with E-state index in [0.717, 1.165) is 5.56 Å². The number of aromatic nitrogens is 1. The lowest BCUT2D eigenvalue weighted by Gasteiger charge is -2.13. The standard InChI is InChI=1S/C17H20N2O3/c1-14(19-9-5-6-10-19)11-16(20)18-12-17(21)22-13-15-7-3-2-4-8-15/h2-10,14H,11-13H2,1H3,(H,18,20). The Balaban J connectivity index is 1.66. The maximum absolute atomic E-state index is 11.8. The van der Waals surface area contributed by atoms with E-state index in [0.29, 0.717) is 6.42 Å². The molecule has 1 amide bonds. The highest BCUT2D eigenvalue weighted by atomic mass is 16.5. The molecule has 0 aliphatic carbocycles. The van der Waals surface area contributed by atoms with Crippen LogP contribution in [0.3, 0.4) is 0 Å². The summed E-state index contributed by atoms with van der Waals surface area (Å²) in [5.74, 6) is -0.608. The number of hydrogen-bond donors (Lipinski definition) is 1. The summed E-state index contributed by atoms with van der Waals surface area (Å²) >= 11 is 0. The summed E-state index contributed by atoms with van der Waals surface area (Å²) in [5, 5.41) is 2.58. The SMILES string of the molecule is CC(CC(=O)NCC(=O)OCc1ccccc1)n1cccc1. The van der Waals surface area contributed by atoms with Crippen LogP contribution in [0.25, 0.3) is 0 Å². The fourth-order valence-electron chi connectivity index (χ4n) is 2.05. The van der Waals surface area contributed by atoms with Crippen LogP contribution < -0.4 is 5.32 Å². The Morgan fingerprint density at radius 1 is 1.14 bits per heavy atom. The van der Waals surface area contributed by atoms with Crippen LogP contribution in [0.2, 0.25) is 0 Å². The summed E-state index contributed by atoms with van der Waals surface area (Å²) in [6, 6.07) is 13.3. The van der Waals surface area contributed by atoms with Crippen molar-refractivity contribution in [2.24, 2.45) is 0 Å². The molecule has 1 aromatic carbocycles. The first-order valence-corrected chi connectivity index (χ1v) is 7.24. The molecule has 1 heterocycles. The van der Waals surface area contributed by atoms with Crippen LogP contribution in [-0.4, -0.2) is 23.0 Å². The van der Waals surface area contributed by atoms with E-state index in [2.05, 4.69) is 5.32 Å². The van der Waals surface area contributed by atoms with Gasteiger partial charge in [0, 0.05) is 24.9 Å². The quantitative estimate of drug-likeness (QED) is 0.798. The minimum Gasteiger partial charge on any atom is -0.460 e. The Bertz CT molecular complexity index is 594. The minimum atomic E-state index is -0.439. The van der Waals surface area contributed by atoms with Crippen molar-refractivity contribution in [2.45, 2.75) is 26.0 Å². The zero-order valence-corrected chi connectivity index (χ0v) is 12.6. The van der Waals surface area contributed by atoms with Gasteiger partial charge in [-0.25, -0.2) is 0 Å². The van der Waals surface area contributed by atoms with Crippen molar-refractivity contribution < 1.29 is 14.3 Å². The smallest absolute Gasteiger partial charge is 0.325 e. The number of esters is 1. The van der Waals surface area contributed by atoms with Crippen molar-refractivity contribution in [1.29, 1.82) is 0 Å². The van der Waals surface area contributed by atoms with Crippen molar-refractivity contribution >= 4 is 11.9 Å². The number of carbonyl (C=O) groups excluding carboxylic acids is 2. The topological polar surface area (TPSA) is 60.3 Å². The summed E-state index contributed by atoms with van der Waals surface area (Å²) in [5.41, 5.74) is 0.920. The summed E-state index contributed by atoms with van der Waals surface area (Å²) in [7, 11) is 0. The normalized spacial score (nSPS) is 11.7. The number of benzene rings is 1. The Hall–Kier alpha value is -2.56. The predicted octanol–water partition coefficient (Wildman–Crippen LogP) is 2.30. The highest BCUT2D eigenvalue weighted by Crippen LogP contribution is 2.10. The van der Waals surface area contributed by atoms with Crippen molar-refractivity contribution in [3.05, 3.63) is 60.4 Å². The van der Waals surface area contributed by atoms with Gasteiger partial charge >= 0.3 is 5.97 Å². The first-order valence-electron chi connectivity index (χ1n) is 7.24. The minimum absolute atomic E-state index is 0.0512. The number of carbonyl (C=O) groups is 2. The van der Waals surface area contributed by atoms with Gasteiger partial charge in [-0.05, 0) is 24.6 Å². The first kappa shape index (κ1) is 15.8. The third-order valence-corrected chi connectivity index (χ3v) is 3.29. The van der Waals surface area contributed by atoms with E-state index in [1.807, 2.05) is 66.3 Å². The van der Waals surface area contributed by atoms with E-state index in [-0.39, 0.29) is 25.1 Å². The molecule has 1 aromatic heterocycles. The molecule has 0 aliphatic rings. The molecule has 116 valence electrons. The highest BCUT2D eigenvalue weighted by Gasteiger charge is 2.11. The van der Waals surface area contributed by atoms with Crippen LogP contribution >= 0.6 is 0 Å². The fraction of sp³-hybridized carbons (Fsp3) is 0.294. The molecular formula is C17H20N2O3. The number of ether oxygens (including phenoxy) is 1. The fourth-order valence-corrected chi connectivity index (χ4v) is 2.05. The van der Waals surface area contributed by atoms with Gasteiger partial charge in [0.1, 0.15) is 13.2 Å². The molecule has 1 atom stereocenters. The Morgan fingerprint density at radius 2 is 1.82 bits per heavy atom. The van der Waals surface area contributed by atoms with Gasteiger partial charge in [0.25, 0.3) is 0 Å². The van der Waals surface area contributed by atoms with Gasteiger partial charge in [-0.15, -0.1) is 0 Å². The van der Waals surface area contributed by atoms with E-state index in [1.165, 1.54) is 0 Å². The van der Waals surface area contributed by atoms with Crippen LogP contribution in [-0.2, 0) is 20.9 Å². The number of hydrogen-bond acceptors (Lipinski definition) is 3. The Kier molecular flexibility index (Phi) is 5.77. The molecule has 0 saturated heterocycles. The summed E-state index contributed by atoms with van der Waals surface area (Å²) in [4.78, 5) is 23.4. The lowest BCUT2D eigenvalue weighted by atomic mass is 10.2. The highest BCUT2D eigenvalue weighted by molar-refractivity contribution is 5.82. The van der Waals surface area contributed by atoms with Crippen LogP contribution in [0.5, 0.6) is 0 Å². The average Bonchev–Trinajstić information content (AvgIpc) is 3.06. The third kappa shape index (κ3) is 5.09. The molecule has 0 saturated carbocycles. The molecule has 1 N–H and O–H groups in total. The Morgan fingerprint density at radius 3 is 2.50 bits per heavy atom. The largest absolute Gasteiger partial charge is 0.460 e. The molecule has 0 spiro atoms. The second-order valence-electron chi connectivity index (χ2n) is 5.11. The molecule has 2 rings (SSSR count). The Labute approximate surface area is 129 Å². The van der Waals surface area contributed by atoms with E-state index in [9.17, 15) is 9.59 Å². The third-order valence-electron chi connectivity index (χ3n) is 3.29. The number of nitrogens with one attached hydrogen (secondary N) is 1. The van der Waals surface area contributed by atoms with Crippen molar-refractivity contribution in [2.75, 3.05) is 6.54 Å². The van der Waals surface area contributed by atoms with E-state index >= 15 is 0 Å². The second-order valence-corrected chi connectivity index (χ2v) is 5.11. The molecule has 22 heavy (non-hydrogen) atoms. The summed E-state index contributed by atoms with van der Waals surface area (Å²) < 4.78 is 7.05. The number of amides is 1. The molecule has 5 heteroatoms. The zero-order chi connectivity index (χ0) is 15.8. The van der Waals surface area contributed by atoms with Gasteiger partial charge in [-0.2, -0.15) is 0 Å². The molecule has 5 nitrogen and oxygen atoms in total. The van der Waals surface area contributed by atoms with Gasteiger partial charge in [-0.1, -0.05) is 30.3 Å². The van der Waals surface area contributed by atoms with Gasteiger partial charge in [0.15, 0.2) is 0 Å². The molecule has 2 aromatic rings. The van der Waals surface area contributed by atoms with Gasteiger partial charge in [0.05, 0.1) is 0 Å². The van der Waals surface area contributed by atoms with Crippen LogP contribution in [0.15, 0.2) is 54.9 Å². The lowest BCUT2D eigenvalue weighted by molar-refractivity contribution is -0.145. The molecule has 0 aliphatic heterocycles. The van der Waals surface area contributed by atoms with Crippen LogP contribution in [0.4, 0.5) is 0 Å². The molecular weight excluding hydrogens is 280 g/mol. The van der Waals surface area contributed by atoms with Crippen molar-refractivity contribution in [1.82, 2.24) is 9.88 Å². The van der Waals surface area contributed by atoms with Crippen LogP contribution in [0, 0.1) is 0 Å². The summed E-state index contributed by atoms with van der Waals surface area (Å²) in [6.45, 7) is 2.06. The van der Waals surface area contributed by atoms with Gasteiger partial charge in [-0.3, -0.25) is 9.59 Å². The maximum Gasteiger partial charge on any atom is 0.325 e. The molecule has 0 bridgehead atoms. The maximum atomic E-state index is 11.8. The number of nitrogens with zero attached hydrogens (tertiary/aromatic N) is 1. The average molecular weight is 300 g/mol. The number of rotatable bonds is 7. The van der Waals surface area contributed by atoms with Crippen molar-refractivity contribution in [3.8, 4) is 0 Å². The predicted molar refractivity (Wildman–Crippen MR) is 83.0 cm³/mol. The van der Waals surface area contributed by atoms with Crippen molar-refractivity contribution in [3.63, 3.8) is 0 Å². The first-order chi connectivity index (χ1) is 10.6. The van der Waals surface area contributed by atoms with E-state index in [1.54, 1.807) is 0 Å². The van der Waals surface area contributed by atoms with Gasteiger partial charge in [0.2, 0.25) is 5.91 Å². The second kappa shape index (κ2) is 8.02. The van der Waals surface area contributed by atoms with E-state index < -0.39 is 5.97 Å². The monoisotopic (exact) mass is 300 g/mol. The van der Waals surface area contributed by atoms with Gasteiger partial charge < -0.3 is 14.6 Å². The van der Waals surface area contributed by atoms with Crippen LogP contribution in [0.1, 0.15) is 24.9 Å². The molecule has 1 unspecified atom stereocenters.